The number of aromatic nitrogens is 1. The van der Waals surface area contributed by atoms with Crippen LogP contribution < -0.4 is 10.5 Å². The van der Waals surface area contributed by atoms with E-state index in [1.807, 2.05) is 0 Å². The van der Waals surface area contributed by atoms with Gasteiger partial charge in [-0.1, -0.05) is 6.07 Å². The lowest BCUT2D eigenvalue weighted by Crippen LogP contribution is -2.17. The number of amides is 1. The highest BCUT2D eigenvalue weighted by atomic mass is 32.2. The molecule has 8 heteroatoms. The van der Waals surface area contributed by atoms with Gasteiger partial charge in [0.2, 0.25) is 10.0 Å². The van der Waals surface area contributed by atoms with Crippen molar-refractivity contribution in [1.29, 1.82) is 0 Å². The molecule has 1 aromatic heterocycles. The van der Waals surface area contributed by atoms with Crippen molar-refractivity contribution in [2.24, 2.45) is 5.14 Å². The lowest BCUT2D eigenvalue weighted by molar-refractivity contribution is 0.102. The molecule has 0 fully saturated rings. The topological polar surface area (TPSA) is 102 Å². The summed E-state index contributed by atoms with van der Waals surface area (Å²) in [6.45, 7) is 1.51. The van der Waals surface area contributed by atoms with E-state index in [0.717, 1.165) is 12.3 Å². The van der Waals surface area contributed by atoms with Gasteiger partial charge < -0.3 is 5.32 Å². The van der Waals surface area contributed by atoms with Crippen LogP contribution in [0.15, 0.2) is 41.6 Å². The summed E-state index contributed by atoms with van der Waals surface area (Å²) in [5, 5.41) is 7.59. The Kier molecular flexibility index (Phi) is 4.01. The maximum Gasteiger partial charge on any atom is 0.257 e. The van der Waals surface area contributed by atoms with E-state index >= 15 is 0 Å². The van der Waals surface area contributed by atoms with E-state index in [1.165, 1.54) is 31.3 Å². The minimum absolute atomic E-state index is 0.0235. The summed E-state index contributed by atoms with van der Waals surface area (Å²) < 4.78 is 35.9. The second-order valence-corrected chi connectivity index (χ2v) is 5.85. The quantitative estimate of drug-likeness (QED) is 0.895. The zero-order valence-electron chi connectivity index (χ0n) is 11.0. The number of pyridine rings is 1. The third-order valence-electron chi connectivity index (χ3n) is 2.81. The van der Waals surface area contributed by atoms with Crippen molar-refractivity contribution >= 4 is 21.6 Å². The molecular weight excluding hydrogens is 297 g/mol. The number of halogens is 1. The van der Waals surface area contributed by atoms with Crippen LogP contribution in [0.2, 0.25) is 0 Å². The molecule has 0 aliphatic heterocycles. The van der Waals surface area contributed by atoms with Gasteiger partial charge in [-0.2, -0.15) is 0 Å². The first-order chi connectivity index (χ1) is 9.79. The van der Waals surface area contributed by atoms with Crippen LogP contribution in [-0.4, -0.2) is 19.3 Å². The highest BCUT2D eigenvalue weighted by molar-refractivity contribution is 7.89. The Morgan fingerprint density at radius 1 is 1.33 bits per heavy atom. The SMILES string of the molecule is Cc1c(NC(=O)c2cncc(F)c2)cccc1S(N)(=O)=O. The molecule has 0 unspecified atom stereocenters. The van der Waals surface area contributed by atoms with Gasteiger partial charge in [-0.05, 0) is 30.7 Å². The average molecular weight is 309 g/mol. The number of nitrogens with one attached hydrogen (secondary N) is 1. The van der Waals surface area contributed by atoms with Gasteiger partial charge in [0.05, 0.1) is 16.7 Å². The van der Waals surface area contributed by atoms with Crippen molar-refractivity contribution in [1.82, 2.24) is 4.98 Å². The van der Waals surface area contributed by atoms with Gasteiger partial charge in [-0.3, -0.25) is 9.78 Å². The number of primary sulfonamides is 1. The van der Waals surface area contributed by atoms with Crippen molar-refractivity contribution in [2.75, 3.05) is 5.32 Å². The summed E-state index contributed by atoms with van der Waals surface area (Å²) in [6, 6.07) is 5.34. The fraction of sp³-hybridized carbons (Fsp3) is 0.0769. The van der Waals surface area contributed by atoms with Crippen LogP contribution in [0.4, 0.5) is 10.1 Å². The molecule has 0 saturated carbocycles. The van der Waals surface area contributed by atoms with Crippen LogP contribution in [0.1, 0.15) is 15.9 Å². The number of anilines is 1. The Labute approximate surface area is 120 Å². The van der Waals surface area contributed by atoms with E-state index in [-0.39, 0.29) is 16.1 Å². The molecule has 110 valence electrons. The second kappa shape index (κ2) is 5.58. The molecule has 2 aromatic rings. The van der Waals surface area contributed by atoms with Crippen molar-refractivity contribution < 1.29 is 17.6 Å². The number of hydrogen-bond acceptors (Lipinski definition) is 4. The molecule has 0 aliphatic rings. The Bertz CT molecular complexity index is 806. The number of nitrogens with zero attached hydrogens (tertiary/aromatic N) is 1. The Hall–Kier alpha value is -2.32. The fourth-order valence-electron chi connectivity index (χ4n) is 1.79. The fourth-order valence-corrected chi connectivity index (χ4v) is 2.59. The van der Waals surface area contributed by atoms with Gasteiger partial charge in [0.25, 0.3) is 5.91 Å². The molecule has 0 aliphatic carbocycles. The number of carbonyl (C=O) groups is 1. The van der Waals surface area contributed by atoms with Crippen LogP contribution >= 0.6 is 0 Å². The standard InChI is InChI=1S/C13H12FN3O3S/c1-8-11(3-2-4-12(8)21(15,19)20)17-13(18)9-5-10(14)7-16-6-9/h2-7H,1H3,(H,17,18)(H2,15,19,20). The van der Waals surface area contributed by atoms with Gasteiger partial charge in [0.1, 0.15) is 5.82 Å². The van der Waals surface area contributed by atoms with Crippen molar-refractivity contribution in [3.63, 3.8) is 0 Å². The van der Waals surface area contributed by atoms with Gasteiger partial charge in [-0.15, -0.1) is 0 Å². The van der Waals surface area contributed by atoms with Gasteiger partial charge in [0.15, 0.2) is 0 Å². The Morgan fingerprint density at radius 2 is 2.05 bits per heavy atom. The molecule has 2 rings (SSSR count). The van der Waals surface area contributed by atoms with Crippen molar-refractivity contribution in [3.05, 3.63) is 53.6 Å². The van der Waals surface area contributed by atoms with E-state index in [1.54, 1.807) is 0 Å². The zero-order valence-corrected chi connectivity index (χ0v) is 11.8. The average Bonchev–Trinajstić information content (AvgIpc) is 2.39. The van der Waals surface area contributed by atoms with E-state index in [4.69, 9.17) is 5.14 Å². The number of nitrogens with two attached hydrogens (primary N) is 1. The highest BCUT2D eigenvalue weighted by Crippen LogP contribution is 2.22. The minimum Gasteiger partial charge on any atom is -0.322 e. The van der Waals surface area contributed by atoms with Gasteiger partial charge in [-0.25, -0.2) is 17.9 Å². The first kappa shape index (κ1) is 15.1. The van der Waals surface area contributed by atoms with Crippen molar-refractivity contribution in [3.8, 4) is 0 Å². The molecule has 1 aromatic carbocycles. The van der Waals surface area contributed by atoms with Crippen LogP contribution in [0.5, 0.6) is 0 Å². The Balaban J connectivity index is 2.35. The van der Waals surface area contributed by atoms with Crippen LogP contribution in [0.3, 0.4) is 0 Å². The second-order valence-electron chi connectivity index (χ2n) is 4.32. The number of carbonyl (C=O) groups excluding carboxylic acids is 1. The highest BCUT2D eigenvalue weighted by Gasteiger charge is 2.16. The first-order valence-corrected chi connectivity index (χ1v) is 7.38. The summed E-state index contributed by atoms with van der Waals surface area (Å²) in [5.74, 6) is -1.24. The van der Waals surface area contributed by atoms with Crippen LogP contribution in [0, 0.1) is 12.7 Å². The third-order valence-corrected chi connectivity index (χ3v) is 3.86. The van der Waals surface area contributed by atoms with Crippen molar-refractivity contribution in [2.45, 2.75) is 11.8 Å². The predicted molar refractivity (Wildman–Crippen MR) is 74.7 cm³/mol. The monoisotopic (exact) mass is 309 g/mol. The molecule has 0 radical (unpaired) electrons. The number of sulfonamides is 1. The minimum atomic E-state index is -3.89. The molecule has 0 atom stereocenters. The third kappa shape index (κ3) is 3.41. The summed E-state index contributed by atoms with van der Waals surface area (Å²) in [5.41, 5.74) is 0.601. The number of rotatable bonds is 3. The molecule has 3 N–H and O–H groups in total. The Morgan fingerprint density at radius 3 is 2.67 bits per heavy atom. The molecule has 1 heterocycles. The number of benzene rings is 1. The molecule has 6 nitrogen and oxygen atoms in total. The molecule has 1 amide bonds. The lowest BCUT2D eigenvalue weighted by Gasteiger charge is -2.11. The molecule has 0 bridgehead atoms. The van der Waals surface area contributed by atoms with E-state index in [0.29, 0.717) is 5.56 Å². The summed E-state index contributed by atoms with van der Waals surface area (Å²) in [4.78, 5) is 15.5. The summed E-state index contributed by atoms with van der Waals surface area (Å²) in [6.07, 6.45) is 2.18. The van der Waals surface area contributed by atoms with Crippen LogP contribution in [-0.2, 0) is 10.0 Å². The smallest absolute Gasteiger partial charge is 0.257 e. The summed E-state index contributed by atoms with van der Waals surface area (Å²) >= 11 is 0. The molecule has 0 spiro atoms. The largest absolute Gasteiger partial charge is 0.322 e. The van der Waals surface area contributed by atoms with E-state index in [9.17, 15) is 17.6 Å². The van der Waals surface area contributed by atoms with Crippen LogP contribution in [0.25, 0.3) is 0 Å². The zero-order chi connectivity index (χ0) is 15.6. The normalized spacial score (nSPS) is 11.2. The predicted octanol–water partition coefficient (Wildman–Crippen LogP) is 1.43. The lowest BCUT2D eigenvalue weighted by atomic mass is 10.2. The summed E-state index contributed by atoms with van der Waals surface area (Å²) in [7, 11) is -3.89. The van der Waals surface area contributed by atoms with Gasteiger partial charge in [0, 0.05) is 11.9 Å². The van der Waals surface area contributed by atoms with E-state index in [2.05, 4.69) is 10.3 Å². The maximum absolute atomic E-state index is 13.0. The maximum atomic E-state index is 13.0. The number of hydrogen-bond donors (Lipinski definition) is 2. The first-order valence-electron chi connectivity index (χ1n) is 5.83. The van der Waals surface area contributed by atoms with Gasteiger partial charge >= 0.3 is 0 Å². The molecule has 0 saturated heterocycles. The van der Waals surface area contributed by atoms with E-state index < -0.39 is 21.7 Å². The molecule has 21 heavy (non-hydrogen) atoms. The molecular formula is C13H12FN3O3S.